The first-order chi connectivity index (χ1) is 16.7. The highest BCUT2D eigenvalue weighted by molar-refractivity contribution is 7.07. The van der Waals surface area contributed by atoms with E-state index in [1.165, 1.54) is 16.9 Å². The second-order valence-corrected chi connectivity index (χ2v) is 9.42. The predicted molar refractivity (Wildman–Crippen MR) is 134 cm³/mol. The van der Waals surface area contributed by atoms with E-state index in [1.807, 2.05) is 36.4 Å². The summed E-state index contributed by atoms with van der Waals surface area (Å²) in [5, 5.41) is 10.3. The van der Waals surface area contributed by atoms with Gasteiger partial charge in [0.2, 0.25) is 0 Å². The molecule has 34 heavy (non-hydrogen) atoms. The van der Waals surface area contributed by atoms with Gasteiger partial charge in [0.1, 0.15) is 11.5 Å². The van der Waals surface area contributed by atoms with Crippen LogP contribution in [0.4, 0.5) is 0 Å². The van der Waals surface area contributed by atoms with Gasteiger partial charge in [-0.05, 0) is 42.2 Å². The van der Waals surface area contributed by atoms with Crippen molar-refractivity contribution in [2.75, 3.05) is 7.11 Å². The third-order valence-corrected chi connectivity index (χ3v) is 7.51. The van der Waals surface area contributed by atoms with Crippen LogP contribution in [0.25, 0.3) is 11.8 Å². The van der Waals surface area contributed by atoms with Gasteiger partial charge in [0.25, 0.3) is 5.56 Å². The third kappa shape index (κ3) is 3.22. The molecule has 3 aromatic carbocycles. The fourth-order valence-electron chi connectivity index (χ4n) is 4.94. The molecule has 1 unspecified atom stereocenters. The number of thiazole rings is 1. The molecule has 0 radical (unpaired) electrons. The number of nitrogens with zero attached hydrogens (tertiary/aromatic N) is 2. The first-order valence-corrected chi connectivity index (χ1v) is 12.0. The molecular formula is C28H22N2O3S. The summed E-state index contributed by atoms with van der Waals surface area (Å²) in [6.07, 6.45) is 3.47. The number of fused-ring (bicyclic) bond motifs is 3. The van der Waals surface area contributed by atoms with Crippen LogP contribution in [0.3, 0.4) is 0 Å². The number of phenols is 1. The van der Waals surface area contributed by atoms with E-state index < -0.39 is 0 Å². The van der Waals surface area contributed by atoms with Crippen LogP contribution in [0, 0.1) is 0 Å². The predicted octanol–water partition coefficient (Wildman–Crippen LogP) is 4.03. The zero-order chi connectivity index (χ0) is 23.2. The van der Waals surface area contributed by atoms with Crippen molar-refractivity contribution in [1.29, 1.82) is 0 Å². The van der Waals surface area contributed by atoms with Gasteiger partial charge in [-0.3, -0.25) is 9.36 Å². The normalized spacial score (nSPS) is 17.0. The van der Waals surface area contributed by atoms with E-state index in [0.717, 1.165) is 41.0 Å². The summed E-state index contributed by atoms with van der Waals surface area (Å²) in [5.41, 5.74) is 5.92. The van der Waals surface area contributed by atoms with Crippen LogP contribution >= 0.6 is 11.3 Å². The Bertz CT molecular complexity index is 1640. The van der Waals surface area contributed by atoms with E-state index in [-0.39, 0.29) is 17.4 Å². The summed E-state index contributed by atoms with van der Waals surface area (Å²) < 4.78 is 8.04. The number of para-hydroxylation sites is 2. The largest absolute Gasteiger partial charge is 0.507 e. The molecule has 168 valence electrons. The maximum absolute atomic E-state index is 13.8. The number of hydrogen-bond donors (Lipinski definition) is 1. The van der Waals surface area contributed by atoms with E-state index in [9.17, 15) is 9.90 Å². The van der Waals surface area contributed by atoms with E-state index in [1.54, 1.807) is 36.0 Å². The standard InChI is InChI=1S/C28H22N2O3S/c1-33-23-13-7-5-11-20(23)26-21-15-14-17-8-2-4-10-19(17)25(21)29-28-30(26)27(32)24(34-28)16-18-9-3-6-12-22(18)31/h2-13,16,26,31H,14-15H2,1H3/b24-16-. The molecule has 1 aliphatic carbocycles. The number of phenolic OH excluding ortho intramolecular Hbond substituents is 1. The van der Waals surface area contributed by atoms with Crippen LogP contribution < -0.4 is 19.6 Å². The quantitative estimate of drug-likeness (QED) is 0.496. The van der Waals surface area contributed by atoms with Gasteiger partial charge < -0.3 is 9.84 Å². The van der Waals surface area contributed by atoms with E-state index in [2.05, 4.69) is 18.2 Å². The molecule has 6 rings (SSSR count). The van der Waals surface area contributed by atoms with Gasteiger partial charge in [0, 0.05) is 16.7 Å². The van der Waals surface area contributed by atoms with Gasteiger partial charge >= 0.3 is 0 Å². The molecule has 0 spiro atoms. The Morgan fingerprint density at radius 2 is 1.79 bits per heavy atom. The van der Waals surface area contributed by atoms with Crippen molar-refractivity contribution in [1.82, 2.24) is 4.57 Å². The number of aryl methyl sites for hydroxylation is 1. The first kappa shape index (κ1) is 20.7. The minimum absolute atomic E-state index is 0.117. The van der Waals surface area contributed by atoms with Gasteiger partial charge in [-0.2, -0.15) is 0 Å². The average molecular weight is 467 g/mol. The summed E-state index contributed by atoms with van der Waals surface area (Å²) in [7, 11) is 1.66. The van der Waals surface area contributed by atoms with Crippen molar-refractivity contribution in [3.8, 4) is 11.5 Å². The van der Waals surface area contributed by atoms with Crippen LogP contribution in [-0.4, -0.2) is 16.8 Å². The lowest BCUT2D eigenvalue weighted by Crippen LogP contribution is -2.39. The fraction of sp³-hybridized carbons (Fsp3) is 0.143. The molecule has 5 nitrogen and oxygen atoms in total. The Morgan fingerprint density at radius 3 is 2.65 bits per heavy atom. The van der Waals surface area contributed by atoms with Gasteiger partial charge in [0.15, 0.2) is 4.80 Å². The summed E-state index contributed by atoms with van der Waals surface area (Å²) in [4.78, 5) is 19.4. The number of aromatic hydroxyl groups is 1. The van der Waals surface area contributed by atoms with Crippen molar-refractivity contribution in [3.05, 3.63) is 120 Å². The number of rotatable bonds is 3. The molecular weight excluding hydrogens is 444 g/mol. The van der Waals surface area contributed by atoms with Crippen LogP contribution in [0.2, 0.25) is 0 Å². The lowest BCUT2D eigenvalue weighted by Gasteiger charge is -2.31. The molecule has 0 fully saturated rings. The van der Waals surface area contributed by atoms with Gasteiger partial charge in [-0.15, -0.1) is 0 Å². The minimum atomic E-state index is -0.303. The van der Waals surface area contributed by atoms with Crippen molar-refractivity contribution < 1.29 is 9.84 Å². The number of methoxy groups -OCH3 is 1. The Morgan fingerprint density at radius 1 is 1.03 bits per heavy atom. The number of benzene rings is 3. The molecule has 1 aromatic heterocycles. The second kappa shape index (κ2) is 8.15. The van der Waals surface area contributed by atoms with Crippen molar-refractivity contribution in [2.45, 2.75) is 18.9 Å². The molecule has 6 heteroatoms. The molecule has 2 heterocycles. The number of hydrogen-bond acceptors (Lipinski definition) is 5. The van der Waals surface area contributed by atoms with Gasteiger partial charge in [0.05, 0.1) is 23.4 Å². The summed E-state index contributed by atoms with van der Waals surface area (Å²) in [5.74, 6) is 0.887. The minimum Gasteiger partial charge on any atom is -0.507 e. The highest BCUT2D eigenvalue weighted by Gasteiger charge is 2.33. The van der Waals surface area contributed by atoms with Crippen LogP contribution in [0.5, 0.6) is 11.5 Å². The summed E-state index contributed by atoms with van der Waals surface area (Å²) in [6, 6.07) is 23.0. The average Bonchev–Trinajstić information content (AvgIpc) is 3.18. The molecule has 0 saturated heterocycles. The zero-order valence-corrected chi connectivity index (χ0v) is 19.4. The molecule has 1 atom stereocenters. The fourth-order valence-corrected chi connectivity index (χ4v) is 5.93. The molecule has 2 aliphatic rings. The van der Waals surface area contributed by atoms with Crippen molar-refractivity contribution in [2.24, 2.45) is 4.99 Å². The Labute approximate surface area is 200 Å². The second-order valence-electron chi connectivity index (χ2n) is 8.41. The maximum Gasteiger partial charge on any atom is 0.271 e. The number of allylic oxidation sites excluding steroid dienone is 1. The number of ether oxygens (including phenoxy) is 1. The van der Waals surface area contributed by atoms with Gasteiger partial charge in [-0.25, -0.2) is 4.99 Å². The van der Waals surface area contributed by atoms with Crippen molar-refractivity contribution in [3.63, 3.8) is 0 Å². The van der Waals surface area contributed by atoms with E-state index in [0.29, 0.717) is 14.9 Å². The topological polar surface area (TPSA) is 63.8 Å². The van der Waals surface area contributed by atoms with Crippen LogP contribution in [0.1, 0.15) is 34.7 Å². The SMILES string of the molecule is COc1ccccc1C1C2=C(N=c3s/c(=C\c4ccccc4O)c(=O)n31)c1ccccc1CC2. The highest BCUT2D eigenvalue weighted by atomic mass is 32.1. The van der Waals surface area contributed by atoms with Crippen LogP contribution in [-0.2, 0) is 6.42 Å². The Kier molecular flexibility index (Phi) is 4.96. The van der Waals surface area contributed by atoms with E-state index >= 15 is 0 Å². The Balaban J connectivity index is 1.66. The van der Waals surface area contributed by atoms with Crippen molar-refractivity contribution >= 4 is 23.1 Å². The zero-order valence-electron chi connectivity index (χ0n) is 18.6. The smallest absolute Gasteiger partial charge is 0.271 e. The maximum atomic E-state index is 13.8. The lowest BCUT2D eigenvalue weighted by molar-refractivity contribution is 0.402. The molecule has 0 saturated carbocycles. The highest BCUT2D eigenvalue weighted by Crippen LogP contribution is 2.43. The third-order valence-electron chi connectivity index (χ3n) is 6.53. The molecule has 1 aliphatic heterocycles. The summed E-state index contributed by atoms with van der Waals surface area (Å²) >= 11 is 1.35. The van der Waals surface area contributed by atoms with Crippen LogP contribution in [0.15, 0.2) is 88.2 Å². The monoisotopic (exact) mass is 466 g/mol. The summed E-state index contributed by atoms with van der Waals surface area (Å²) in [6.45, 7) is 0. The molecule has 0 amide bonds. The molecule has 0 bridgehead atoms. The Hall–Kier alpha value is -3.90. The molecule has 4 aromatic rings. The van der Waals surface area contributed by atoms with E-state index in [4.69, 9.17) is 9.73 Å². The molecule has 1 N–H and O–H groups in total. The van der Waals surface area contributed by atoms with Gasteiger partial charge in [-0.1, -0.05) is 72.0 Å². The number of aromatic nitrogens is 1. The first-order valence-electron chi connectivity index (χ1n) is 11.2. The lowest BCUT2D eigenvalue weighted by atomic mass is 9.83.